The Hall–Kier alpha value is -1.94. The Kier molecular flexibility index (Phi) is 4.47. The molecule has 0 aliphatic heterocycles. The van der Waals surface area contributed by atoms with Crippen molar-refractivity contribution in [1.29, 1.82) is 0 Å². The van der Waals surface area contributed by atoms with Crippen LogP contribution >= 0.6 is 0 Å². The standard InChI is InChI=1S/C15H19N3O/c1-12(19)14-3-4-15(17-11-14)18(2)10-7-13-5-8-16-9-6-13/h3-6,8-9,11-12,19H,7,10H2,1-2H3. The summed E-state index contributed by atoms with van der Waals surface area (Å²) in [6, 6.07) is 7.90. The Morgan fingerprint density at radius 2 is 1.95 bits per heavy atom. The van der Waals surface area contributed by atoms with Gasteiger partial charge in [-0.1, -0.05) is 6.07 Å². The molecule has 0 fully saturated rings. The van der Waals surface area contributed by atoms with Gasteiger partial charge in [0.05, 0.1) is 6.10 Å². The topological polar surface area (TPSA) is 49.2 Å². The summed E-state index contributed by atoms with van der Waals surface area (Å²) in [4.78, 5) is 10.5. The number of hydrogen-bond donors (Lipinski definition) is 1. The van der Waals surface area contributed by atoms with Gasteiger partial charge in [0.1, 0.15) is 5.82 Å². The molecule has 0 aliphatic carbocycles. The fourth-order valence-corrected chi connectivity index (χ4v) is 1.83. The van der Waals surface area contributed by atoms with E-state index in [-0.39, 0.29) is 0 Å². The summed E-state index contributed by atoms with van der Waals surface area (Å²) in [5.41, 5.74) is 2.11. The first kappa shape index (κ1) is 13.5. The van der Waals surface area contributed by atoms with Gasteiger partial charge < -0.3 is 10.0 Å². The molecule has 0 aromatic carbocycles. The maximum Gasteiger partial charge on any atom is 0.128 e. The maximum atomic E-state index is 9.45. The molecule has 0 spiro atoms. The van der Waals surface area contributed by atoms with Crippen molar-refractivity contribution in [2.24, 2.45) is 0 Å². The van der Waals surface area contributed by atoms with Gasteiger partial charge in [0.15, 0.2) is 0 Å². The largest absolute Gasteiger partial charge is 0.389 e. The molecule has 4 nitrogen and oxygen atoms in total. The van der Waals surface area contributed by atoms with Crippen molar-refractivity contribution in [2.75, 3.05) is 18.5 Å². The van der Waals surface area contributed by atoms with Crippen LogP contribution < -0.4 is 4.90 Å². The van der Waals surface area contributed by atoms with Gasteiger partial charge >= 0.3 is 0 Å². The molecule has 0 amide bonds. The van der Waals surface area contributed by atoms with Crippen molar-refractivity contribution in [2.45, 2.75) is 19.4 Å². The molecule has 0 aliphatic rings. The first-order valence-electron chi connectivity index (χ1n) is 6.41. The predicted molar refractivity (Wildman–Crippen MR) is 76.1 cm³/mol. The van der Waals surface area contributed by atoms with Crippen LogP contribution in [-0.4, -0.2) is 28.7 Å². The smallest absolute Gasteiger partial charge is 0.128 e. The molecule has 0 saturated heterocycles. The zero-order valence-electron chi connectivity index (χ0n) is 11.3. The third kappa shape index (κ3) is 3.76. The number of aliphatic hydroxyl groups is 1. The Morgan fingerprint density at radius 3 is 2.53 bits per heavy atom. The lowest BCUT2D eigenvalue weighted by Crippen LogP contribution is -2.21. The molecule has 0 bridgehead atoms. The number of aliphatic hydroxyl groups excluding tert-OH is 1. The van der Waals surface area contributed by atoms with Crippen LogP contribution in [0.25, 0.3) is 0 Å². The van der Waals surface area contributed by atoms with Gasteiger partial charge in [0.25, 0.3) is 0 Å². The minimum Gasteiger partial charge on any atom is -0.389 e. The van der Waals surface area contributed by atoms with E-state index in [0.29, 0.717) is 0 Å². The van der Waals surface area contributed by atoms with Crippen LogP contribution in [0.15, 0.2) is 42.9 Å². The summed E-state index contributed by atoms with van der Waals surface area (Å²) in [5, 5.41) is 9.45. The predicted octanol–water partition coefficient (Wildman–Crippen LogP) is 2.21. The van der Waals surface area contributed by atoms with Crippen LogP contribution in [0, 0.1) is 0 Å². The summed E-state index contributed by atoms with van der Waals surface area (Å²) in [6.07, 6.45) is 5.83. The molecule has 2 aromatic rings. The molecule has 100 valence electrons. The molecular formula is C15H19N3O. The fraction of sp³-hybridized carbons (Fsp3) is 0.333. The minimum atomic E-state index is -0.469. The van der Waals surface area contributed by atoms with Crippen molar-refractivity contribution < 1.29 is 5.11 Å². The Balaban J connectivity index is 1.94. The van der Waals surface area contributed by atoms with Crippen LogP contribution in [0.3, 0.4) is 0 Å². The van der Waals surface area contributed by atoms with Crippen LogP contribution in [0.4, 0.5) is 5.82 Å². The van der Waals surface area contributed by atoms with Crippen molar-refractivity contribution >= 4 is 5.82 Å². The molecule has 0 saturated carbocycles. The highest BCUT2D eigenvalue weighted by Crippen LogP contribution is 2.15. The summed E-state index contributed by atoms with van der Waals surface area (Å²) < 4.78 is 0. The van der Waals surface area contributed by atoms with Crippen LogP contribution in [0.1, 0.15) is 24.2 Å². The van der Waals surface area contributed by atoms with Crippen molar-refractivity contribution in [3.63, 3.8) is 0 Å². The number of nitrogens with zero attached hydrogens (tertiary/aromatic N) is 3. The minimum absolute atomic E-state index is 0.469. The zero-order chi connectivity index (χ0) is 13.7. The molecule has 1 atom stereocenters. The molecule has 4 heteroatoms. The van der Waals surface area contributed by atoms with Gasteiger partial charge in [-0.15, -0.1) is 0 Å². The normalized spacial score (nSPS) is 12.2. The summed E-state index contributed by atoms with van der Waals surface area (Å²) in [7, 11) is 2.02. The van der Waals surface area contributed by atoms with E-state index in [1.165, 1.54) is 5.56 Å². The number of rotatable bonds is 5. The summed E-state index contributed by atoms with van der Waals surface area (Å²) in [6.45, 7) is 2.63. The van der Waals surface area contributed by atoms with Crippen molar-refractivity contribution in [3.8, 4) is 0 Å². The van der Waals surface area contributed by atoms with Crippen LogP contribution in [-0.2, 0) is 6.42 Å². The fourth-order valence-electron chi connectivity index (χ4n) is 1.83. The van der Waals surface area contributed by atoms with E-state index in [1.54, 1.807) is 13.1 Å². The summed E-state index contributed by atoms with van der Waals surface area (Å²) in [5.74, 6) is 0.915. The Labute approximate surface area is 113 Å². The Bertz CT molecular complexity index is 497. The molecule has 2 rings (SSSR count). The van der Waals surface area contributed by atoms with E-state index in [4.69, 9.17) is 0 Å². The van der Waals surface area contributed by atoms with E-state index in [1.807, 2.05) is 43.7 Å². The third-order valence-electron chi connectivity index (χ3n) is 3.13. The number of hydrogen-bond acceptors (Lipinski definition) is 4. The number of anilines is 1. The highest BCUT2D eigenvalue weighted by Gasteiger charge is 2.05. The quantitative estimate of drug-likeness (QED) is 0.892. The number of aromatic nitrogens is 2. The third-order valence-corrected chi connectivity index (χ3v) is 3.13. The van der Waals surface area contributed by atoms with Gasteiger partial charge in [-0.2, -0.15) is 0 Å². The van der Waals surface area contributed by atoms with E-state index in [2.05, 4.69) is 14.9 Å². The molecule has 0 radical (unpaired) electrons. The van der Waals surface area contributed by atoms with Crippen molar-refractivity contribution in [3.05, 3.63) is 54.0 Å². The zero-order valence-corrected chi connectivity index (χ0v) is 11.3. The molecule has 1 N–H and O–H groups in total. The second kappa shape index (κ2) is 6.29. The highest BCUT2D eigenvalue weighted by molar-refractivity contribution is 5.38. The Morgan fingerprint density at radius 1 is 1.21 bits per heavy atom. The lowest BCUT2D eigenvalue weighted by Gasteiger charge is -2.18. The van der Waals surface area contributed by atoms with Crippen LogP contribution in [0.5, 0.6) is 0 Å². The number of pyridine rings is 2. The van der Waals surface area contributed by atoms with E-state index >= 15 is 0 Å². The lowest BCUT2D eigenvalue weighted by molar-refractivity contribution is 0.199. The molecule has 2 aromatic heterocycles. The monoisotopic (exact) mass is 257 g/mol. The first-order chi connectivity index (χ1) is 9.16. The van der Waals surface area contributed by atoms with Gasteiger partial charge in [0.2, 0.25) is 0 Å². The molecule has 1 unspecified atom stereocenters. The highest BCUT2D eigenvalue weighted by atomic mass is 16.3. The van der Waals surface area contributed by atoms with Gasteiger partial charge in [-0.25, -0.2) is 4.98 Å². The lowest BCUT2D eigenvalue weighted by atomic mass is 10.2. The number of likely N-dealkylation sites (N-methyl/N-ethyl adjacent to an activating group) is 1. The molecule has 2 heterocycles. The second-order valence-corrected chi connectivity index (χ2v) is 4.65. The van der Waals surface area contributed by atoms with E-state index in [9.17, 15) is 5.11 Å². The SMILES string of the molecule is CC(O)c1ccc(N(C)CCc2ccncc2)nc1. The van der Waals surface area contributed by atoms with Gasteiger partial charge in [-0.3, -0.25) is 4.98 Å². The van der Waals surface area contributed by atoms with Gasteiger partial charge in [0, 0.05) is 32.2 Å². The summed E-state index contributed by atoms with van der Waals surface area (Å²) >= 11 is 0. The van der Waals surface area contributed by atoms with Crippen molar-refractivity contribution in [1.82, 2.24) is 9.97 Å². The van der Waals surface area contributed by atoms with E-state index < -0.39 is 6.10 Å². The second-order valence-electron chi connectivity index (χ2n) is 4.65. The van der Waals surface area contributed by atoms with E-state index in [0.717, 1.165) is 24.3 Å². The average Bonchev–Trinajstić information content (AvgIpc) is 2.46. The average molecular weight is 257 g/mol. The molecule has 19 heavy (non-hydrogen) atoms. The van der Waals surface area contributed by atoms with Gasteiger partial charge in [-0.05, 0) is 42.7 Å². The van der Waals surface area contributed by atoms with Crippen LogP contribution in [0.2, 0.25) is 0 Å². The molecular weight excluding hydrogens is 238 g/mol. The maximum absolute atomic E-state index is 9.45. The first-order valence-corrected chi connectivity index (χ1v) is 6.41.